The van der Waals surface area contributed by atoms with Crippen LogP contribution in [-0.4, -0.2) is 84.5 Å². The van der Waals surface area contributed by atoms with Crippen molar-refractivity contribution in [1.82, 2.24) is 14.7 Å². The maximum atomic E-state index is 13.5. The first-order chi connectivity index (χ1) is 21.9. The van der Waals surface area contributed by atoms with Crippen LogP contribution in [0.2, 0.25) is 0 Å². The van der Waals surface area contributed by atoms with E-state index in [0.29, 0.717) is 6.54 Å². The van der Waals surface area contributed by atoms with Crippen molar-refractivity contribution in [1.29, 1.82) is 0 Å². The molecule has 2 saturated heterocycles. The molecule has 3 aromatic rings. The van der Waals surface area contributed by atoms with Crippen LogP contribution in [-0.2, 0) is 22.5 Å². The van der Waals surface area contributed by atoms with Gasteiger partial charge in [-0.1, -0.05) is 60.7 Å². The number of nitrogens with zero attached hydrogens (tertiary/aromatic N) is 3. The summed E-state index contributed by atoms with van der Waals surface area (Å²) in [6.07, 6.45) is 3.44. The summed E-state index contributed by atoms with van der Waals surface area (Å²) in [5, 5.41) is 2.94. The molecule has 0 saturated carbocycles. The van der Waals surface area contributed by atoms with E-state index in [1.807, 2.05) is 59.5 Å². The number of likely N-dealkylation sites (tertiary alicyclic amines) is 2. The molecular weight excluding hydrogens is 566 g/mol. The van der Waals surface area contributed by atoms with Crippen molar-refractivity contribution in [3.05, 3.63) is 89.5 Å². The van der Waals surface area contributed by atoms with Gasteiger partial charge in [-0.25, -0.2) is 4.79 Å². The highest BCUT2D eigenvalue weighted by atomic mass is 16.6. The Hall–Kier alpha value is -4.21. The Morgan fingerprint density at radius 1 is 0.800 bits per heavy atom. The van der Waals surface area contributed by atoms with E-state index in [4.69, 9.17) is 10.5 Å². The second-order valence-corrected chi connectivity index (χ2v) is 12.5. The molecule has 3 aromatic carbocycles. The lowest BCUT2D eigenvalue weighted by Crippen LogP contribution is -2.45. The van der Waals surface area contributed by atoms with Crippen molar-refractivity contribution >= 4 is 23.6 Å². The first-order valence-electron chi connectivity index (χ1n) is 16.2. The number of nitrogens with one attached hydrogen (secondary N) is 1. The van der Waals surface area contributed by atoms with Crippen molar-refractivity contribution in [2.24, 2.45) is 11.7 Å². The van der Waals surface area contributed by atoms with Gasteiger partial charge in [-0.3, -0.25) is 19.8 Å². The van der Waals surface area contributed by atoms with Crippen molar-refractivity contribution in [2.75, 3.05) is 51.1 Å². The van der Waals surface area contributed by atoms with E-state index in [1.54, 1.807) is 0 Å². The number of hydrogen-bond donors (Lipinski definition) is 2. The number of hydrogen-bond acceptors (Lipinski definition) is 6. The first-order valence-corrected chi connectivity index (χ1v) is 16.2. The Morgan fingerprint density at radius 2 is 1.51 bits per heavy atom. The molecule has 0 aliphatic carbocycles. The van der Waals surface area contributed by atoms with Crippen LogP contribution < -0.4 is 11.1 Å². The number of carbonyl (C=O) groups excluding carboxylic acids is 3. The van der Waals surface area contributed by atoms with Gasteiger partial charge in [0.15, 0.2) is 0 Å². The number of primary amides is 1. The highest BCUT2D eigenvalue weighted by Crippen LogP contribution is 2.28. The van der Waals surface area contributed by atoms with Crippen LogP contribution in [0.3, 0.4) is 0 Å². The fourth-order valence-electron chi connectivity index (χ4n) is 6.78. The molecule has 236 valence electrons. The average Bonchev–Trinajstić information content (AvgIpc) is 3.06. The second-order valence-electron chi connectivity index (χ2n) is 12.5. The molecule has 3 aliphatic rings. The van der Waals surface area contributed by atoms with E-state index in [0.717, 1.165) is 111 Å². The molecule has 0 spiro atoms. The highest BCUT2D eigenvalue weighted by Gasteiger charge is 2.28. The number of amides is 3. The average molecular weight is 610 g/mol. The molecule has 0 radical (unpaired) electrons. The zero-order chi connectivity index (χ0) is 31.2. The number of rotatable bonds is 9. The Bertz CT molecular complexity index is 1500. The number of anilines is 1. The van der Waals surface area contributed by atoms with Gasteiger partial charge in [-0.05, 0) is 74.0 Å². The molecule has 3 aliphatic heterocycles. The Labute approximate surface area is 265 Å². The molecule has 6 rings (SSSR count). The van der Waals surface area contributed by atoms with Gasteiger partial charge in [-0.15, -0.1) is 0 Å². The molecule has 0 atom stereocenters. The summed E-state index contributed by atoms with van der Waals surface area (Å²) < 4.78 is 5.80. The lowest BCUT2D eigenvalue weighted by atomic mass is 9.94. The summed E-state index contributed by atoms with van der Waals surface area (Å²) >= 11 is 0. The van der Waals surface area contributed by atoms with Gasteiger partial charge >= 0.3 is 6.09 Å². The predicted molar refractivity (Wildman–Crippen MR) is 175 cm³/mol. The molecule has 2 fully saturated rings. The SMILES string of the molecule is NC(=O)C1CCN(Cc2ccc3c(c2)C(=O)N(CCN2CCC(OC(=O)Nc4ccccc4-c4ccccc4)CC2)CC3)CC1. The van der Waals surface area contributed by atoms with Crippen LogP contribution in [0.1, 0.15) is 47.2 Å². The molecule has 9 heteroatoms. The summed E-state index contributed by atoms with van der Waals surface area (Å²) in [6, 6.07) is 24.0. The minimum Gasteiger partial charge on any atom is -0.446 e. The van der Waals surface area contributed by atoms with Crippen LogP contribution in [0.15, 0.2) is 72.8 Å². The number of carbonyl (C=O) groups is 3. The van der Waals surface area contributed by atoms with E-state index in [-0.39, 0.29) is 23.8 Å². The number of piperidine rings is 2. The lowest BCUT2D eigenvalue weighted by molar-refractivity contribution is -0.123. The van der Waals surface area contributed by atoms with E-state index < -0.39 is 6.09 Å². The maximum Gasteiger partial charge on any atom is 0.411 e. The molecule has 45 heavy (non-hydrogen) atoms. The van der Waals surface area contributed by atoms with Crippen molar-refractivity contribution < 1.29 is 19.1 Å². The topological polar surface area (TPSA) is 108 Å². The van der Waals surface area contributed by atoms with E-state index in [9.17, 15) is 14.4 Å². The molecule has 3 heterocycles. The number of nitrogens with two attached hydrogens (primary N) is 1. The van der Waals surface area contributed by atoms with Gasteiger partial charge in [0.05, 0.1) is 5.69 Å². The molecule has 0 unspecified atom stereocenters. The Morgan fingerprint density at radius 3 is 2.27 bits per heavy atom. The van der Waals surface area contributed by atoms with Gasteiger partial charge in [0, 0.05) is 56.3 Å². The zero-order valence-corrected chi connectivity index (χ0v) is 25.8. The van der Waals surface area contributed by atoms with Crippen molar-refractivity contribution in [3.63, 3.8) is 0 Å². The third kappa shape index (κ3) is 7.72. The van der Waals surface area contributed by atoms with Crippen LogP contribution in [0.5, 0.6) is 0 Å². The maximum absolute atomic E-state index is 13.5. The zero-order valence-electron chi connectivity index (χ0n) is 25.8. The molecule has 3 N–H and O–H groups in total. The smallest absolute Gasteiger partial charge is 0.411 e. The second kappa shape index (κ2) is 14.3. The van der Waals surface area contributed by atoms with E-state index >= 15 is 0 Å². The Kier molecular flexibility index (Phi) is 9.76. The summed E-state index contributed by atoms with van der Waals surface area (Å²) in [5.74, 6) is -0.113. The Balaban J connectivity index is 0.949. The van der Waals surface area contributed by atoms with E-state index in [1.165, 1.54) is 0 Å². The number of fused-ring (bicyclic) bond motifs is 1. The lowest BCUT2D eigenvalue weighted by Gasteiger charge is -2.35. The van der Waals surface area contributed by atoms with Crippen LogP contribution in [0, 0.1) is 5.92 Å². The van der Waals surface area contributed by atoms with Gasteiger partial charge in [0.1, 0.15) is 6.10 Å². The van der Waals surface area contributed by atoms with Crippen LogP contribution >= 0.6 is 0 Å². The number of para-hydroxylation sites is 1. The van der Waals surface area contributed by atoms with Crippen molar-refractivity contribution in [2.45, 2.75) is 44.8 Å². The first kappa shape index (κ1) is 30.8. The number of benzene rings is 3. The van der Waals surface area contributed by atoms with Crippen molar-refractivity contribution in [3.8, 4) is 11.1 Å². The third-order valence-corrected chi connectivity index (χ3v) is 9.48. The standard InChI is InChI=1S/C36H43N5O4/c37-34(42)29-12-17-40(18-13-29)25-26-10-11-28-14-21-41(35(43)32(28)24-26)23-22-39-19-15-30(16-20-39)45-36(44)38-33-9-5-4-8-31(33)27-6-2-1-3-7-27/h1-11,24,29-30H,12-23,25H2,(H2,37,42)(H,38,44). The van der Waals surface area contributed by atoms with Crippen LogP contribution in [0.4, 0.5) is 10.5 Å². The van der Waals surface area contributed by atoms with Gasteiger partial charge < -0.3 is 20.3 Å². The molecule has 0 bridgehead atoms. The number of ether oxygens (including phenoxy) is 1. The third-order valence-electron chi connectivity index (χ3n) is 9.48. The predicted octanol–water partition coefficient (Wildman–Crippen LogP) is 4.76. The summed E-state index contributed by atoms with van der Waals surface area (Å²) in [5.41, 5.74) is 11.3. The highest BCUT2D eigenvalue weighted by molar-refractivity contribution is 5.97. The largest absolute Gasteiger partial charge is 0.446 e. The molecule has 3 amide bonds. The van der Waals surface area contributed by atoms with E-state index in [2.05, 4.69) is 33.3 Å². The van der Waals surface area contributed by atoms with Crippen LogP contribution in [0.25, 0.3) is 11.1 Å². The fraction of sp³-hybridized carbons (Fsp3) is 0.417. The molecule has 9 nitrogen and oxygen atoms in total. The molecular formula is C36H43N5O4. The normalized spacial score (nSPS) is 18.4. The quantitative estimate of drug-likeness (QED) is 0.362. The van der Waals surface area contributed by atoms with Gasteiger partial charge in [0.25, 0.3) is 5.91 Å². The summed E-state index contributed by atoms with van der Waals surface area (Å²) in [7, 11) is 0. The fourth-order valence-corrected chi connectivity index (χ4v) is 6.78. The van der Waals surface area contributed by atoms with Gasteiger partial charge in [-0.2, -0.15) is 0 Å². The monoisotopic (exact) mass is 609 g/mol. The summed E-state index contributed by atoms with van der Waals surface area (Å²) in [6.45, 7) is 6.35. The minimum absolute atomic E-state index is 0.0222. The molecule has 0 aromatic heterocycles. The summed E-state index contributed by atoms with van der Waals surface area (Å²) in [4.78, 5) is 44.4. The minimum atomic E-state index is -0.427. The van der Waals surface area contributed by atoms with Gasteiger partial charge in [0.2, 0.25) is 5.91 Å².